The first kappa shape index (κ1) is 12.5. The number of aromatic nitrogens is 1. The lowest BCUT2D eigenvalue weighted by atomic mass is 10.3. The molecule has 1 aromatic rings. The summed E-state index contributed by atoms with van der Waals surface area (Å²) in [5, 5.41) is 1.71. The lowest BCUT2D eigenvalue weighted by Gasteiger charge is -2.05. The van der Waals surface area contributed by atoms with Crippen LogP contribution in [0.1, 0.15) is 29.7 Å². The van der Waals surface area contributed by atoms with E-state index in [1.54, 1.807) is 5.32 Å². The molecule has 1 amide bonds. The second-order valence-corrected chi connectivity index (χ2v) is 3.17. The largest absolute Gasteiger partial charge is 0.448 e. The van der Waals surface area contributed by atoms with Crippen molar-refractivity contribution in [3.63, 3.8) is 0 Å². The molecule has 0 aliphatic rings. The summed E-state index contributed by atoms with van der Waals surface area (Å²) >= 11 is 0. The molecule has 0 aliphatic carbocycles. The Morgan fingerprint density at radius 1 is 1.56 bits per heavy atom. The van der Waals surface area contributed by atoms with Crippen LogP contribution in [0, 0.1) is 0 Å². The number of hydrogen-bond donors (Lipinski definition) is 1. The Kier molecular flexibility index (Phi) is 3.92. The standard InChI is InChI=1S/C9H11F3N2O2/c1-2-3-7-14-6(4-16-7)8(15)13-5-9(10,11)12/h4H,2-3,5H2,1H3,(H,13,15). The highest BCUT2D eigenvalue weighted by Crippen LogP contribution is 2.12. The first-order valence-electron chi connectivity index (χ1n) is 4.71. The molecule has 0 unspecified atom stereocenters. The van der Waals surface area contributed by atoms with Gasteiger partial charge in [-0.1, -0.05) is 6.92 Å². The topological polar surface area (TPSA) is 55.1 Å². The average molecular weight is 236 g/mol. The fourth-order valence-corrected chi connectivity index (χ4v) is 1.01. The summed E-state index contributed by atoms with van der Waals surface area (Å²) in [6, 6.07) is 0. The highest BCUT2D eigenvalue weighted by atomic mass is 19.4. The molecule has 0 bridgehead atoms. The monoisotopic (exact) mass is 236 g/mol. The number of halogens is 3. The van der Waals surface area contributed by atoms with E-state index in [0.717, 1.165) is 12.7 Å². The fourth-order valence-electron chi connectivity index (χ4n) is 1.01. The number of nitrogens with zero attached hydrogens (tertiary/aromatic N) is 1. The zero-order valence-corrected chi connectivity index (χ0v) is 8.60. The van der Waals surface area contributed by atoms with Gasteiger partial charge in [0.2, 0.25) is 0 Å². The Morgan fingerprint density at radius 3 is 2.81 bits per heavy atom. The minimum absolute atomic E-state index is 0.132. The Morgan fingerprint density at radius 2 is 2.25 bits per heavy atom. The second kappa shape index (κ2) is 5.00. The van der Waals surface area contributed by atoms with Gasteiger partial charge in [-0.2, -0.15) is 13.2 Å². The highest BCUT2D eigenvalue weighted by molar-refractivity contribution is 5.91. The van der Waals surface area contributed by atoms with Crippen molar-refractivity contribution in [2.75, 3.05) is 6.54 Å². The Bertz CT molecular complexity index is 360. The molecule has 1 N–H and O–H groups in total. The van der Waals surface area contributed by atoms with Crippen LogP contribution in [0.5, 0.6) is 0 Å². The van der Waals surface area contributed by atoms with Gasteiger partial charge in [0, 0.05) is 6.42 Å². The number of amides is 1. The fraction of sp³-hybridized carbons (Fsp3) is 0.556. The molecule has 16 heavy (non-hydrogen) atoms. The number of rotatable bonds is 4. The van der Waals surface area contributed by atoms with Crippen LogP contribution in [0.25, 0.3) is 0 Å². The van der Waals surface area contributed by atoms with Gasteiger partial charge in [0.25, 0.3) is 5.91 Å². The second-order valence-electron chi connectivity index (χ2n) is 3.17. The van der Waals surface area contributed by atoms with Gasteiger partial charge in [0.1, 0.15) is 12.8 Å². The minimum Gasteiger partial charge on any atom is -0.448 e. The molecule has 0 aliphatic heterocycles. The molecule has 0 spiro atoms. The predicted octanol–water partition coefficient (Wildman–Crippen LogP) is 1.92. The van der Waals surface area contributed by atoms with Gasteiger partial charge >= 0.3 is 6.18 Å². The van der Waals surface area contributed by atoms with Crippen molar-refractivity contribution in [2.24, 2.45) is 0 Å². The van der Waals surface area contributed by atoms with Crippen molar-refractivity contribution in [1.82, 2.24) is 10.3 Å². The molecule has 90 valence electrons. The molecule has 0 radical (unpaired) electrons. The number of carbonyl (C=O) groups excluding carboxylic acids is 1. The lowest BCUT2D eigenvalue weighted by molar-refractivity contribution is -0.123. The van der Waals surface area contributed by atoms with Crippen molar-refractivity contribution in [2.45, 2.75) is 25.9 Å². The van der Waals surface area contributed by atoms with E-state index in [1.807, 2.05) is 6.92 Å². The quantitative estimate of drug-likeness (QED) is 0.868. The van der Waals surface area contributed by atoms with Gasteiger partial charge in [0.05, 0.1) is 0 Å². The van der Waals surface area contributed by atoms with Crippen LogP contribution >= 0.6 is 0 Å². The van der Waals surface area contributed by atoms with Crippen LogP contribution in [0.15, 0.2) is 10.7 Å². The summed E-state index contributed by atoms with van der Waals surface area (Å²) in [6.45, 7) is 0.523. The van der Waals surface area contributed by atoms with Crippen LogP contribution in [-0.4, -0.2) is 23.6 Å². The van der Waals surface area contributed by atoms with Crippen molar-refractivity contribution >= 4 is 5.91 Å². The molecule has 0 atom stereocenters. The van der Waals surface area contributed by atoms with Crippen molar-refractivity contribution in [3.8, 4) is 0 Å². The number of nitrogens with one attached hydrogen (secondary N) is 1. The van der Waals surface area contributed by atoms with Crippen molar-refractivity contribution in [1.29, 1.82) is 0 Å². The van der Waals surface area contributed by atoms with Crippen LogP contribution in [0.4, 0.5) is 13.2 Å². The molecule has 1 rings (SSSR count). The molecule has 0 saturated carbocycles. The van der Waals surface area contributed by atoms with Crippen LogP contribution in [0.2, 0.25) is 0 Å². The van der Waals surface area contributed by atoms with Gasteiger partial charge in [-0.05, 0) is 6.42 Å². The third-order valence-electron chi connectivity index (χ3n) is 1.70. The number of alkyl halides is 3. The summed E-state index contributed by atoms with van der Waals surface area (Å²) < 4.78 is 40.3. The number of carbonyl (C=O) groups is 1. The lowest BCUT2D eigenvalue weighted by Crippen LogP contribution is -2.33. The summed E-state index contributed by atoms with van der Waals surface area (Å²) in [6.07, 6.45) is -2.04. The van der Waals surface area contributed by atoms with E-state index in [-0.39, 0.29) is 5.69 Å². The highest BCUT2D eigenvalue weighted by Gasteiger charge is 2.28. The van der Waals surface area contributed by atoms with Crippen LogP contribution in [-0.2, 0) is 6.42 Å². The van der Waals surface area contributed by atoms with E-state index in [9.17, 15) is 18.0 Å². The molecule has 0 fully saturated rings. The molecule has 0 saturated heterocycles. The predicted molar refractivity (Wildman–Crippen MR) is 48.9 cm³/mol. The Labute approximate surface area is 89.8 Å². The zero-order valence-electron chi connectivity index (χ0n) is 8.60. The maximum atomic E-state index is 11.8. The third-order valence-corrected chi connectivity index (χ3v) is 1.70. The Hall–Kier alpha value is -1.53. The van der Waals surface area contributed by atoms with E-state index < -0.39 is 18.6 Å². The molecular weight excluding hydrogens is 225 g/mol. The summed E-state index contributed by atoms with van der Waals surface area (Å²) in [4.78, 5) is 14.9. The van der Waals surface area contributed by atoms with Crippen molar-refractivity contribution in [3.05, 3.63) is 17.8 Å². The normalized spacial score (nSPS) is 11.5. The maximum absolute atomic E-state index is 11.8. The van der Waals surface area contributed by atoms with Crippen LogP contribution < -0.4 is 5.32 Å². The number of hydrogen-bond acceptors (Lipinski definition) is 3. The molecule has 7 heteroatoms. The van der Waals surface area contributed by atoms with E-state index in [2.05, 4.69) is 4.98 Å². The van der Waals surface area contributed by atoms with E-state index >= 15 is 0 Å². The van der Waals surface area contributed by atoms with Gasteiger partial charge in [-0.25, -0.2) is 4.98 Å². The summed E-state index contributed by atoms with van der Waals surface area (Å²) in [5.74, 6) is -0.539. The average Bonchev–Trinajstić information content (AvgIpc) is 2.62. The number of oxazole rings is 1. The molecule has 1 aromatic heterocycles. The van der Waals surface area contributed by atoms with Gasteiger partial charge in [-0.3, -0.25) is 4.79 Å². The molecule has 1 heterocycles. The molecular formula is C9H11F3N2O2. The SMILES string of the molecule is CCCc1nc(C(=O)NCC(F)(F)F)co1. The smallest absolute Gasteiger partial charge is 0.405 e. The first-order chi connectivity index (χ1) is 7.42. The van der Waals surface area contributed by atoms with E-state index in [0.29, 0.717) is 12.3 Å². The molecule has 0 aromatic carbocycles. The Balaban J connectivity index is 2.53. The van der Waals surface area contributed by atoms with E-state index in [1.165, 1.54) is 0 Å². The van der Waals surface area contributed by atoms with Gasteiger partial charge in [-0.15, -0.1) is 0 Å². The number of aryl methyl sites for hydroxylation is 1. The maximum Gasteiger partial charge on any atom is 0.405 e. The van der Waals surface area contributed by atoms with Crippen LogP contribution in [0.3, 0.4) is 0 Å². The zero-order chi connectivity index (χ0) is 12.2. The van der Waals surface area contributed by atoms with Gasteiger partial charge in [0.15, 0.2) is 11.6 Å². The van der Waals surface area contributed by atoms with Crippen molar-refractivity contribution < 1.29 is 22.4 Å². The third kappa shape index (κ3) is 3.92. The minimum atomic E-state index is -4.42. The molecule has 4 nitrogen and oxygen atoms in total. The van der Waals surface area contributed by atoms with E-state index in [4.69, 9.17) is 4.42 Å². The summed E-state index contributed by atoms with van der Waals surface area (Å²) in [5.41, 5.74) is -0.132. The first-order valence-corrected chi connectivity index (χ1v) is 4.71. The summed E-state index contributed by atoms with van der Waals surface area (Å²) in [7, 11) is 0. The van der Waals surface area contributed by atoms with Gasteiger partial charge < -0.3 is 9.73 Å².